The monoisotopic (exact) mass is 1190 g/mol. The number of nitrogens with one attached hydrogen (secondary N) is 3. The molecule has 4 aromatic carbocycles. The van der Waals surface area contributed by atoms with Crippen molar-refractivity contribution in [2.45, 2.75) is 57.3 Å². The molecule has 0 radical (unpaired) electrons. The first-order valence-electron chi connectivity index (χ1n) is 22.7. The molecule has 6 N–H and O–H groups in total. The van der Waals surface area contributed by atoms with Crippen LogP contribution < -0.4 is 21.7 Å². The van der Waals surface area contributed by atoms with Crippen LogP contribution in [0.5, 0.6) is 0 Å². The summed E-state index contributed by atoms with van der Waals surface area (Å²) >= 11 is 6.28. The molecule has 0 bridgehead atoms. The van der Waals surface area contributed by atoms with Crippen LogP contribution in [0.3, 0.4) is 0 Å². The van der Waals surface area contributed by atoms with Crippen LogP contribution in [0.4, 0.5) is 21.0 Å². The van der Waals surface area contributed by atoms with Gasteiger partial charge in [0, 0.05) is 47.9 Å². The van der Waals surface area contributed by atoms with Gasteiger partial charge in [0.25, 0.3) is 11.4 Å². The lowest BCUT2D eigenvalue weighted by atomic mass is 10.0. The van der Waals surface area contributed by atoms with Crippen molar-refractivity contribution in [3.05, 3.63) is 209 Å². The number of thiophene rings is 2. The highest BCUT2D eigenvalue weighted by atomic mass is 79.9. The fourth-order valence-electron chi connectivity index (χ4n) is 7.04. The summed E-state index contributed by atoms with van der Waals surface area (Å²) < 4.78 is 9.09. The number of carbonyl (C=O) groups is 4. The van der Waals surface area contributed by atoms with E-state index in [1.807, 2.05) is 94.3 Å². The van der Waals surface area contributed by atoms with Crippen molar-refractivity contribution in [1.82, 2.24) is 25.9 Å². The Morgan fingerprint density at radius 2 is 0.987 bits per heavy atom. The van der Waals surface area contributed by atoms with Gasteiger partial charge in [-0.3, -0.25) is 25.0 Å². The third-order valence-corrected chi connectivity index (χ3v) is 14.7. The molecule has 24 heteroatoms. The number of non-ortho nitro benzene ring substituents is 2. The number of benzene rings is 4. The van der Waals surface area contributed by atoms with E-state index in [9.17, 15) is 39.4 Å². The number of hydrogen-bond acceptors (Lipinski definition) is 17. The topological polar surface area (TPSA) is 281 Å². The minimum Gasteiger partial charge on any atom is -0.480 e. The van der Waals surface area contributed by atoms with E-state index in [-0.39, 0.29) is 54.7 Å². The number of carboxylic acids is 1. The normalized spacial score (nSPS) is 11.8. The molecule has 0 saturated carbocycles. The average molecular weight is 1190 g/mol. The van der Waals surface area contributed by atoms with Crippen LogP contribution in [0.15, 0.2) is 155 Å². The highest BCUT2D eigenvalue weighted by Crippen LogP contribution is 2.32. The van der Waals surface area contributed by atoms with Gasteiger partial charge >= 0.3 is 18.2 Å². The van der Waals surface area contributed by atoms with E-state index in [2.05, 4.69) is 25.7 Å². The van der Waals surface area contributed by atoms with Crippen LogP contribution in [0, 0.1) is 20.2 Å². The fourth-order valence-corrected chi connectivity index (χ4v) is 10.4. The standard InChI is InChI=1S/C26H24N4O5S2.C15H13N3O2S2.C11H13NO4.CH4.BrH/c1-35-26(32)29-21(15-17-6-3-2-4-7-17)24(31)27-20(14-18-9-11-19(12-10-18)30(33)34)22-16-37-25(28-22)23-8-5-13-36-23;16-12(8-10-3-5-11(6-4-10)18(19)20)13-9-22-15(17-13)14-2-1-7-21-14;1-16-11(15)12-9(10(13)14)7-8-5-3-2-4-6-8;;/h2-13,16,20-21H,14-15H2,1H3,(H,27,31)(H,29,32);1-7,9,12H,8,16H2;2-6,9H,7H2,1H3,(H,12,15)(H,13,14);1H4;1H/t20-,21-;12-;9-;;/m111../s1. The number of carbonyl (C=O) groups excluding carboxylic acids is 3. The number of nitrogens with two attached hydrogens (primary N) is 1. The van der Waals surface area contributed by atoms with Gasteiger partial charge in [-0.05, 0) is 58.0 Å². The predicted molar refractivity (Wildman–Crippen MR) is 306 cm³/mol. The van der Waals surface area contributed by atoms with E-state index < -0.39 is 52.0 Å². The van der Waals surface area contributed by atoms with Gasteiger partial charge in [0.1, 0.15) is 22.1 Å². The minimum atomic E-state index is -1.09. The highest BCUT2D eigenvalue weighted by molar-refractivity contribution is 8.93. The average Bonchev–Trinajstić information content (AvgIpc) is 4.29. The Bertz CT molecular complexity index is 3090. The fraction of sp³-hybridized carbons (Fsp3) is 0.208. The van der Waals surface area contributed by atoms with Gasteiger partial charge in [-0.25, -0.2) is 24.4 Å². The van der Waals surface area contributed by atoms with Crippen molar-refractivity contribution >= 4 is 97.8 Å². The molecule has 8 aromatic rings. The highest BCUT2D eigenvalue weighted by Gasteiger charge is 2.27. The number of nitro benzene ring substituents is 2. The van der Waals surface area contributed by atoms with E-state index in [0.717, 1.165) is 47.7 Å². The number of nitro groups is 2. The maximum absolute atomic E-state index is 13.5. The molecule has 4 atom stereocenters. The second-order valence-corrected chi connectivity index (χ2v) is 19.7. The summed E-state index contributed by atoms with van der Waals surface area (Å²) in [4.78, 5) is 79.6. The Morgan fingerprint density at radius 1 is 0.571 bits per heavy atom. The Balaban J connectivity index is 0.000000272. The smallest absolute Gasteiger partial charge is 0.407 e. The first kappa shape index (κ1) is 61.8. The maximum atomic E-state index is 13.5. The number of halogens is 1. The summed E-state index contributed by atoms with van der Waals surface area (Å²) in [5, 5.41) is 48.2. The summed E-state index contributed by atoms with van der Waals surface area (Å²) in [7, 11) is 2.43. The van der Waals surface area contributed by atoms with Gasteiger partial charge in [0.15, 0.2) is 0 Å². The Kier molecular flexibility index (Phi) is 25.2. The second-order valence-electron chi connectivity index (χ2n) is 16.1. The van der Waals surface area contributed by atoms with E-state index in [0.29, 0.717) is 18.5 Å². The summed E-state index contributed by atoms with van der Waals surface area (Å²) in [6.07, 6.45) is -0.00593. The van der Waals surface area contributed by atoms with Crippen LogP contribution in [-0.4, -0.2) is 75.3 Å². The zero-order valence-electron chi connectivity index (χ0n) is 40.6. The molecular formula is C53H55BrN8O11S4. The molecule has 0 aliphatic heterocycles. The SMILES string of the molecule is Br.C.COC(=O)N[C@H](Cc1ccccc1)C(=O)N[C@H](Cc1ccc([N+](=O)[O-])cc1)c1csc(-c2cccs2)n1.COC(=O)N[C@H](Cc1ccccc1)C(=O)O.N[C@H](Cc1ccc([N+](=O)[O-])cc1)c1csc(-c2cccs2)n1. The molecule has 19 nitrogen and oxygen atoms in total. The van der Waals surface area contributed by atoms with Gasteiger partial charge in [-0.1, -0.05) is 104 Å². The lowest BCUT2D eigenvalue weighted by Crippen LogP contribution is -2.49. The Hall–Kier alpha value is -7.74. The van der Waals surface area contributed by atoms with E-state index in [1.165, 1.54) is 49.8 Å². The number of aromatic nitrogens is 2. The van der Waals surface area contributed by atoms with Crippen LogP contribution in [0.2, 0.25) is 0 Å². The molecule has 8 rings (SSSR count). The number of alkyl carbamates (subject to hydrolysis) is 2. The van der Waals surface area contributed by atoms with Gasteiger partial charge in [-0.2, -0.15) is 0 Å². The van der Waals surface area contributed by atoms with Crippen molar-refractivity contribution in [2.75, 3.05) is 14.2 Å². The molecule has 77 heavy (non-hydrogen) atoms. The molecule has 0 aliphatic carbocycles. The number of hydrogen-bond donors (Lipinski definition) is 5. The van der Waals surface area contributed by atoms with Gasteiger partial charge < -0.3 is 36.3 Å². The Morgan fingerprint density at radius 3 is 1.42 bits per heavy atom. The number of amides is 3. The van der Waals surface area contributed by atoms with Crippen molar-refractivity contribution in [1.29, 1.82) is 0 Å². The van der Waals surface area contributed by atoms with Crippen molar-refractivity contribution in [2.24, 2.45) is 5.73 Å². The molecule has 404 valence electrons. The quantitative estimate of drug-likeness (QED) is 0.0372. The molecule has 0 unspecified atom stereocenters. The lowest BCUT2D eigenvalue weighted by molar-refractivity contribution is -0.385. The van der Waals surface area contributed by atoms with Crippen LogP contribution in [0.25, 0.3) is 19.8 Å². The van der Waals surface area contributed by atoms with Crippen LogP contribution in [-0.2, 0) is 44.7 Å². The number of methoxy groups -OCH3 is 2. The zero-order valence-corrected chi connectivity index (χ0v) is 45.6. The molecular weight excluding hydrogens is 1130 g/mol. The number of nitrogens with zero attached hydrogens (tertiary/aromatic N) is 4. The summed E-state index contributed by atoms with van der Waals surface area (Å²) in [6, 6.07) is 36.4. The molecule has 0 fully saturated rings. The minimum absolute atomic E-state index is 0. The third kappa shape index (κ3) is 19.4. The molecule has 4 aromatic heterocycles. The molecule has 0 saturated heterocycles. The van der Waals surface area contributed by atoms with Gasteiger partial charge in [-0.15, -0.1) is 62.3 Å². The number of carboxylic acid groups (broad SMARTS) is 1. The van der Waals surface area contributed by atoms with Gasteiger partial charge in [0.2, 0.25) is 5.91 Å². The predicted octanol–water partition coefficient (Wildman–Crippen LogP) is 11.4. The molecule has 0 spiro atoms. The first-order valence-corrected chi connectivity index (χ1v) is 26.2. The molecule has 3 amide bonds. The zero-order chi connectivity index (χ0) is 53.7. The summed E-state index contributed by atoms with van der Waals surface area (Å²) in [5.41, 5.74) is 11.3. The van der Waals surface area contributed by atoms with E-state index in [4.69, 9.17) is 20.6 Å². The van der Waals surface area contributed by atoms with Crippen LogP contribution >= 0.6 is 62.3 Å². The van der Waals surface area contributed by atoms with Crippen LogP contribution in [0.1, 0.15) is 53.2 Å². The summed E-state index contributed by atoms with van der Waals surface area (Å²) in [6.45, 7) is 0. The third-order valence-electron chi connectivity index (χ3n) is 10.9. The Labute approximate surface area is 470 Å². The summed E-state index contributed by atoms with van der Waals surface area (Å²) in [5.74, 6) is -1.49. The van der Waals surface area contributed by atoms with Crippen molar-refractivity contribution in [3.63, 3.8) is 0 Å². The number of rotatable bonds is 19. The van der Waals surface area contributed by atoms with Crippen molar-refractivity contribution in [3.8, 4) is 19.8 Å². The molecule has 4 heterocycles. The van der Waals surface area contributed by atoms with E-state index >= 15 is 0 Å². The van der Waals surface area contributed by atoms with Gasteiger partial charge in [0.05, 0.1) is 57.3 Å². The molecule has 0 aliphatic rings. The lowest BCUT2D eigenvalue weighted by Gasteiger charge is -2.22. The van der Waals surface area contributed by atoms with Crippen molar-refractivity contribution < 1.29 is 43.6 Å². The maximum Gasteiger partial charge on any atom is 0.407 e. The number of ether oxygens (including phenoxy) is 2. The largest absolute Gasteiger partial charge is 0.480 e. The van der Waals surface area contributed by atoms with E-state index in [1.54, 1.807) is 70.4 Å². The number of aliphatic carboxylic acids is 1. The second kappa shape index (κ2) is 31.3. The number of thiazole rings is 2. The first-order chi connectivity index (χ1) is 36.2.